The maximum Gasteiger partial charge on any atom is 0.316 e. The number of nitrogens with zero attached hydrogens (tertiary/aromatic N) is 2. The molecule has 26 heavy (non-hydrogen) atoms. The number of amides is 1. The molecule has 1 amide bonds. The fourth-order valence-electron chi connectivity index (χ4n) is 2.01. The van der Waals surface area contributed by atoms with Gasteiger partial charge >= 0.3 is 5.97 Å². The summed E-state index contributed by atoms with van der Waals surface area (Å²) >= 11 is 2.41. The lowest BCUT2D eigenvalue weighted by atomic mass is 10.1. The molecule has 0 saturated carbocycles. The van der Waals surface area contributed by atoms with Gasteiger partial charge in [-0.25, -0.2) is 0 Å². The Morgan fingerprint density at radius 2 is 2.08 bits per heavy atom. The average molecular weight is 396 g/mol. The van der Waals surface area contributed by atoms with Gasteiger partial charge in [0.05, 0.1) is 12.9 Å². The van der Waals surface area contributed by atoms with Crippen LogP contribution in [0, 0.1) is 13.8 Å². The number of nitrogens with one attached hydrogen (secondary N) is 1. The van der Waals surface area contributed by atoms with Gasteiger partial charge in [-0.15, -0.1) is 10.2 Å². The topological polar surface area (TPSA) is 90.4 Å². The first-order valence-corrected chi connectivity index (χ1v) is 9.81. The molecule has 1 heterocycles. The predicted molar refractivity (Wildman–Crippen MR) is 102 cm³/mol. The molecule has 0 aliphatic carbocycles. The highest BCUT2D eigenvalue weighted by Gasteiger charge is 2.21. The second-order valence-corrected chi connectivity index (χ2v) is 7.64. The van der Waals surface area contributed by atoms with Crippen molar-refractivity contribution in [3.63, 3.8) is 0 Å². The molecule has 9 heteroatoms. The van der Waals surface area contributed by atoms with Crippen LogP contribution in [0.1, 0.15) is 24.5 Å². The number of thioether (sulfide) groups is 1. The van der Waals surface area contributed by atoms with Crippen LogP contribution in [0.3, 0.4) is 0 Å². The van der Waals surface area contributed by atoms with Crippen LogP contribution in [0.2, 0.25) is 0 Å². The van der Waals surface area contributed by atoms with E-state index in [1.807, 2.05) is 39.0 Å². The predicted octanol–water partition coefficient (Wildman–Crippen LogP) is 3.22. The minimum absolute atomic E-state index is 0.145. The van der Waals surface area contributed by atoms with Crippen LogP contribution >= 0.6 is 23.1 Å². The molecule has 2 aromatic rings. The number of rotatable bonds is 8. The molecule has 1 N–H and O–H groups in total. The van der Waals surface area contributed by atoms with Gasteiger partial charge in [-0.3, -0.25) is 14.9 Å². The van der Waals surface area contributed by atoms with Crippen molar-refractivity contribution in [2.45, 2.75) is 37.6 Å². The Morgan fingerprint density at radius 3 is 2.77 bits per heavy atom. The molecule has 0 spiro atoms. The second kappa shape index (κ2) is 9.54. The molecule has 1 aromatic carbocycles. The van der Waals surface area contributed by atoms with E-state index >= 15 is 0 Å². The molecular weight excluding hydrogens is 374 g/mol. The van der Waals surface area contributed by atoms with Gasteiger partial charge < -0.3 is 9.47 Å². The van der Waals surface area contributed by atoms with Crippen LogP contribution < -0.4 is 10.1 Å². The molecule has 0 unspecified atom stereocenters. The third-order valence-electron chi connectivity index (χ3n) is 3.67. The number of carbonyl (C=O) groups excluding carboxylic acids is 2. The van der Waals surface area contributed by atoms with Crippen LogP contribution in [0.15, 0.2) is 22.5 Å². The number of hydrogen-bond acceptors (Lipinski definition) is 8. The van der Waals surface area contributed by atoms with Gasteiger partial charge in [-0.05, 0) is 37.5 Å². The summed E-state index contributed by atoms with van der Waals surface area (Å²) < 4.78 is 11.0. The zero-order valence-corrected chi connectivity index (χ0v) is 16.7. The molecule has 0 saturated heterocycles. The van der Waals surface area contributed by atoms with Crippen molar-refractivity contribution in [2.24, 2.45) is 0 Å². The first-order chi connectivity index (χ1) is 12.4. The molecule has 2 rings (SSSR count). The highest BCUT2D eigenvalue weighted by atomic mass is 32.2. The zero-order valence-electron chi connectivity index (χ0n) is 15.1. The highest BCUT2D eigenvalue weighted by Crippen LogP contribution is 2.26. The summed E-state index contributed by atoms with van der Waals surface area (Å²) in [5.41, 5.74) is 2.12. The number of ether oxygens (including phenoxy) is 2. The van der Waals surface area contributed by atoms with Crippen LogP contribution in [0.5, 0.6) is 5.75 Å². The number of aromatic nitrogens is 2. The Morgan fingerprint density at radius 1 is 1.31 bits per heavy atom. The lowest BCUT2D eigenvalue weighted by molar-refractivity contribution is -0.137. The molecule has 0 aliphatic heterocycles. The summed E-state index contributed by atoms with van der Waals surface area (Å²) in [6, 6.07) is 5.75. The fourth-order valence-corrected chi connectivity index (χ4v) is 3.60. The van der Waals surface area contributed by atoms with E-state index in [9.17, 15) is 9.59 Å². The lowest BCUT2D eigenvalue weighted by Gasteiger charge is -2.18. The molecule has 7 nitrogen and oxygen atoms in total. The van der Waals surface area contributed by atoms with Crippen molar-refractivity contribution in [2.75, 3.05) is 18.2 Å². The van der Waals surface area contributed by atoms with Gasteiger partial charge in [0.15, 0.2) is 10.4 Å². The summed E-state index contributed by atoms with van der Waals surface area (Å²) in [5.74, 6) is 0.211. The molecule has 1 atom stereocenters. The van der Waals surface area contributed by atoms with Crippen LogP contribution in [0.25, 0.3) is 0 Å². The van der Waals surface area contributed by atoms with Gasteiger partial charge in [0.2, 0.25) is 5.13 Å². The average Bonchev–Trinajstić information content (AvgIpc) is 3.08. The van der Waals surface area contributed by atoms with Crippen molar-refractivity contribution in [1.82, 2.24) is 10.2 Å². The van der Waals surface area contributed by atoms with Gasteiger partial charge in [-0.2, -0.15) is 0 Å². The maximum absolute atomic E-state index is 12.5. The van der Waals surface area contributed by atoms with Gasteiger partial charge in [0, 0.05) is 0 Å². The first kappa shape index (κ1) is 20.2. The molecule has 0 fully saturated rings. The molecular formula is C17H21N3O4S2. The lowest BCUT2D eigenvalue weighted by Crippen LogP contribution is -2.32. The molecule has 0 radical (unpaired) electrons. The van der Waals surface area contributed by atoms with Crippen molar-refractivity contribution >= 4 is 40.1 Å². The van der Waals surface area contributed by atoms with E-state index in [4.69, 9.17) is 4.74 Å². The number of benzene rings is 1. The monoisotopic (exact) mass is 395 g/mol. The smallest absolute Gasteiger partial charge is 0.316 e. The Kier molecular flexibility index (Phi) is 7.40. The molecule has 140 valence electrons. The summed E-state index contributed by atoms with van der Waals surface area (Å²) in [6.07, 6.45) is -0.118. The number of anilines is 1. The summed E-state index contributed by atoms with van der Waals surface area (Å²) in [7, 11) is 1.33. The van der Waals surface area contributed by atoms with Crippen molar-refractivity contribution < 1.29 is 19.1 Å². The third-order valence-corrected chi connectivity index (χ3v) is 5.61. The van der Waals surface area contributed by atoms with E-state index in [1.165, 1.54) is 30.2 Å². The summed E-state index contributed by atoms with van der Waals surface area (Å²) in [5, 5.41) is 10.9. The summed E-state index contributed by atoms with van der Waals surface area (Å²) in [4.78, 5) is 23.6. The fraction of sp³-hybridized carbons (Fsp3) is 0.412. The van der Waals surface area contributed by atoms with Gasteiger partial charge in [0.25, 0.3) is 5.91 Å². The Labute approximate surface area is 160 Å². The minimum Gasteiger partial charge on any atom is -0.480 e. The molecule has 1 aromatic heterocycles. The first-order valence-electron chi connectivity index (χ1n) is 8.01. The highest BCUT2D eigenvalue weighted by molar-refractivity contribution is 8.01. The Balaban J connectivity index is 1.97. The number of carbonyl (C=O) groups is 2. The number of hydrogen-bond donors (Lipinski definition) is 1. The SMILES string of the molecule is CC[C@H](Oc1cccc(C)c1C)C(=O)Nc1nnc(SCC(=O)OC)s1. The zero-order chi connectivity index (χ0) is 19.1. The van der Waals surface area contributed by atoms with E-state index in [0.29, 0.717) is 21.6 Å². The largest absolute Gasteiger partial charge is 0.480 e. The maximum atomic E-state index is 12.5. The third kappa shape index (κ3) is 5.43. The standard InChI is InChI=1S/C17H21N3O4S2/c1-5-12(24-13-8-6-7-10(2)11(13)3)15(22)18-16-19-20-17(26-16)25-9-14(21)23-4/h6-8,12H,5,9H2,1-4H3,(H,18,19,22)/t12-/m0/s1. The van der Waals surface area contributed by atoms with Crippen LogP contribution in [-0.2, 0) is 14.3 Å². The minimum atomic E-state index is -0.634. The van der Waals surface area contributed by atoms with E-state index in [1.54, 1.807) is 0 Å². The van der Waals surface area contributed by atoms with Crippen molar-refractivity contribution in [3.8, 4) is 5.75 Å². The number of esters is 1. The Bertz CT molecular complexity index is 779. The van der Waals surface area contributed by atoms with Gasteiger partial charge in [0.1, 0.15) is 5.75 Å². The normalized spacial score (nSPS) is 11.7. The van der Waals surface area contributed by atoms with Gasteiger partial charge in [-0.1, -0.05) is 42.2 Å². The van der Waals surface area contributed by atoms with E-state index in [2.05, 4.69) is 20.3 Å². The molecule has 0 bridgehead atoms. The van der Waals surface area contributed by atoms with Crippen LogP contribution in [-0.4, -0.2) is 41.0 Å². The van der Waals surface area contributed by atoms with Crippen LogP contribution in [0.4, 0.5) is 5.13 Å². The Hall–Kier alpha value is -2.13. The number of aryl methyl sites for hydroxylation is 1. The quantitative estimate of drug-likeness (QED) is 0.417. The van der Waals surface area contributed by atoms with E-state index in [-0.39, 0.29) is 17.6 Å². The van der Waals surface area contributed by atoms with Crippen molar-refractivity contribution in [3.05, 3.63) is 29.3 Å². The van der Waals surface area contributed by atoms with E-state index < -0.39 is 6.10 Å². The summed E-state index contributed by atoms with van der Waals surface area (Å²) in [6.45, 7) is 5.84. The van der Waals surface area contributed by atoms with Crippen molar-refractivity contribution in [1.29, 1.82) is 0 Å². The van der Waals surface area contributed by atoms with E-state index in [0.717, 1.165) is 11.1 Å². The second-order valence-electron chi connectivity index (χ2n) is 5.44. The number of methoxy groups -OCH3 is 1. The molecule has 0 aliphatic rings.